The Hall–Kier alpha value is -1.16. The Labute approximate surface area is 150 Å². The monoisotopic (exact) mass is 408 g/mol. The molecule has 0 aliphatic carbocycles. The van der Waals surface area contributed by atoms with Crippen LogP contribution in [0, 0.1) is 13.8 Å². The number of hydrogen-bond acceptors (Lipinski definition) is 4. The second-order valence-electron chi connectivity index (χ2n) is 5.05. The lowest BCUT2D eigenvalue weighted by molar-refractivity contribution is 0.557. The Morgan fingerprint density at radius 2 is 1.38 bits per heavy atom. The summed E-state index contributed by atoms with van der Waals surface area (Å²) in [6, 6.07) is 8.67. The minimum atomic E-state index is -4.23. The smallest absolute Gasteiger partial charge is 0.206 e. The van der Waals surface area contributed by atoms with Gasteiger partial charge in [-0.3, -0.25) is 0 Å². The lowest BCUT2D eigenvalue weighted by atomic mass is 10.2. The van der Waals surface area contributed by atoms with E-state index in [-0.39, 0.29) is 19.8 Å². The summed E-state index contributed by atoms with van der Waals surface area (Å²) in [6.07, 6.45) is 0. The third-order valence-corrected chi connectivity index (χ3v) is 6.61. The first-order valence-electron chi connectivity index (χ1n) is 6.59. The van der Waals surface area contributed by atoms with Crippen molar-refractivity contribution in [3.63, 3.8) is 0 Å². The third kappa shape index (κ3) is 4.27. The van der Waals surface area contributed by atoms with Crippen LogP contribution < -0.4 is 9.66 Å². The number of rotatable bonds is 5. The molecule has 0 radical (unpaired) electrons. The summed E-state index contributed by atoms with van der Waals surface area (Å²) >= 11 is 11.6. The second kappa shape index (κ2) is 6.99. The molecule has 24 heavy (non-hydrogen) atoms. The quantitative estimate of drug-likeness (QED) is 0.743. The van der Waals surface area contributed by atoms with Crippen molar-refractivity contribution in [1.29, 1.82) is 0 Å². The molecule has 0 aliphatic rings. The van der Waals surface area contributed by atoms with Crippen molar-refractivity contribution in [3.05, 3.63) is 57.6 Å². The number of benzene rings is 2. The molecule has 0 heterocycles. The molecule has 2 aromatic carbocycles. The van der Waals surface area contributed by atoms with Crippen LogP contribution in [0.2, 0.25) is 10.0 Å². The molecule has 6 nitrogen and oxygen atoms in total. The van der Waals surface area contributed by atoms with Crippen molar-refractivity contribution in [2.24, 2.45) is 0 Å². The summed E-state index contributed by atoms with van der Waals surface area (Å²) in [6.45, 7) is 3.34. The van der Waals surface area contributed by atoms with Crippen LogP contribution in [0.1, 0.15) is 11.1 Å². The number of nitrogens with one attached hydrogen (secondary N) is 2. The summed E-state index contributed by atoms with van der Waals surface area (Å²) in [7, 11) is -8.33. The van der Waals surface area contributed by atoms with Gasteiger partial charge in [-0.05, 0) is 49.2 Å². The first kappa shape index (κ1) is 19.2. The van der Waals surface area contributed by atoms with Gasteiger partial charge in [0.25, 0.3) is 20.0 Å². The van der Waals surface area contributed by atoms with Gasteiger partial charge < -0.3 is 0 Å². The zero-order chi connectivity index (χ0) is 18.1. The average molecular weight is 409 g/mol. The molecule has 2 N–H and O–H groups in total. The minimum Gasteiger partial charge on any atom is -0.206 e. The van der Waals surface area contributed by atoms with Crippen molar-refractivity contribution in [1.82, 2.24) is 9.66 Å². The number of aryl methyl sites for hydroxylation is 2. The van der Waals surface area contributed by atoms with Gasteiger partial charge in [-0.2, -0.15) is 0 Å². The van der Waals surface area contributed by atoms with E-state index in [9.17, 15) is 16.8 Å². The van der Waals surface area contributed by atoms with E-state index in [1.807, 2.05) is 9.66 Å². The zero-order valence-corrected chi connectivity index (χ0v) is 15.8. The Bertz CT molecular complexity index is 908. The summed E-state index contributed by atoms with van der Waals surface area (Å²) in [5.41, 5.74) is 1.20. The Kier molecular flexibility index (Phi) is 5.58. The summed E-state index contributed by atoms with van der Waals surface area (Å²) in [4.78, 5) is 3.32. The summed E-state index contributed by atoms with van der Waals surface area (Å²) in [5.74, 6) is 0. The molecule has 0 aliphatic heterocycles. The van der Waals surface area contributed by atoms with E-state index in [1.165, 1.54) is 18.2 Å². The fourth-order valence-corrected chi connectivity index (χ4v) is 5.10. The molecular weight excluding hydrogens is 395 g/mol. The molecule has 0 spiro atoms. The van der Waals surface area contributed by atoms with Crippen molar-refractivity contribution >= 4 is 43.2 Å². The Balaban J connectivity index is 2.32. The van der Waals surface area contributed by atoms with Crippen LogP contribution in [0.4, 0.5) is 0 Å². The lowest BCUT2D eigenvalue weighted by Crippen LogP contribution is -2.41. The Morgan fingerprint density at radius 3 is 2.00 bits per heavy atom. The third-order valence-electron chi connectivity index (χ3n) is 3.13. The van der Waals surface area contributed by atoms with E-state index in [0.717, 1.165) is 11.6 Å². The molecule has 10 heteroatoms. The van der Waals surface area contributed by atoms with Gasteiger partial charge in [0.1, 0.15) is 4.90 Å². The molecule has 0 atom stereocenters. The topological polar surface area (TPSA) is 92.3 Å². The van der Waals surface area contributed by atoms with Crippen LogP contribution in [0.5, 0.6) is 0 Å². The molecule has 0 bridgehead atoms. The van der Waals surface area contributed by atoms with Gasteiger partial charge in [0.05, 0.1) is 9.92 Å². The molecule has 0 saturated heterocycles. The fourth-order valence-electron chi connectivity index (χ4n) is 1.90. The highest BCUT2D eigenvalue weighted by atomic mass is 35.5. The van der Waals surface area contributed by atoms with Gasteiger partial charge in [-0.1, -0.05) is 35.3 Å². The maximum atomic E-state index is 12.3. The molecule has 2 aromatic rings. The highest BCUT2D eigenvalue weighted by Crippen LogP contribution is 2.24. The largest absolute Gasteiger partial charge is 0.255 e. The van der Waals surface area contributed by atoms with Gasteiger partial charge in [0.2, 0.25) is 0 Å². The van der Waals surface area contributed by atoms with Crippen LogP contribution in [-0.2, 0) is 20.0 Å². The van der Waals surface area contributed by atoms with Crippen LogP contribution in [0.3, 0.4) is 0 Å². The fraction of sp³-hybridized carbons (Fsp3) is 0.143. The summed E-state index contributed by atoms with van der Waals surface area (Å²) < 4.78 is 49.2. The molecule has 130 valence electrons. The lowest BCUT2D eigenvalue weighted by Gasteiger charge is -2.12. The van der Waals surface area contributed by atoms with E-state index in [2.05, 4.69) is 0 Å². The van der Waals surface area contributed by atoms with Crippen molar-refractivity contribution < 1.29 is 16.8 Å². The van der Waals surface area contributed by atoms with Crippen LogP contribution in [-0.4, -0.2) is 16.8 Å². The van der Waals surface area contributed by atoms with E-state index in [4.69, 9.17) is 23.2 Å². The van der Waals surface area contributed by atoms with Crippen LogP contribution in [0.15, 0.2) is 46.2 Å². The molecular formula is C14H14Cl2N2O4S2. The SMILES string of the molecule is Cc1ccc(C)c(S(=O)(=O)NNS(=O)(=O)c2cc(Cl)ccc2Cl)c1. The maximum Gasteiger partial charge on any atom is 0.255 e. The maximum absolute atomic E-state index is 12.3. The molecule has 0 fully saturated rings. The molecule has 2 rings (SSSR count). The van der Waals surface area contributed by atoms with Gasteiger partial charge in [0, 0.05) is 5.02 Å². The van der Waals surface area contributed by atoms with Crippen molar-refractivity contribution in [2.75, 3.05) is 0 Å². The van der Waals surface area contributed by atoms with Crippen molar-refractivity contribution in [3.8, 4) is 0 Å². The van der Waals surface area contributed by atoms with E-state index >= 15 is 0 Å². The van der Waals surface area contributed by atoms with Gasteiger partial charge in [-0.15, -0.1) is 9.66 Å². The molecule has 0 amide bonds. The first-order chi connectivity index (χ1) is 11.0. The van der Waals surface area contributed by atoms with Crippen molar-refractivity contribution in [2.45, 2.75) is 23.6 Å². The predicted octanol–water partition coefficient (Wildman–Crippen LogP) is 2.78. The highest BCUT2D eigenvalue weighted by Gasteiger charge is 2.23. The Morgan fingerprint density at radius 1 is 0.792 bits per heavy atom. The minimum absolute atomic E-state index is 0.0256. The van der Waals surface area contributed by atoms with E-state index in [0.29, 0.717) is 5.56 Å². The molecule has 0 unspecified atom stereocenters. The first-order valence-corrected chi connectivity index (χ1v) is 10.3. The summed E-state index contributed by atoms with van der Waals surface area (Å²) in [5, 5.41) is 0.0648. The highest BCUT2D eigenvalue weighted by molar-refractivity contribution is 7.92. The number of hydrogen-bond donors (Lipinski definition) is 2. The van der Waals surface area contributed by atoms with E-state index < -0.39 is 20.0 Å². The normalized spacial score (nSPS) is 12.3. The molecule has 0 saturated carbocycles. The number of hydrazine groups is 1. The molecule has 0 aromatic heterocycles. The van der Waals surface area contributed by atoms with Crippen LogP contribution in [0.25, 0.3) is 0 Å². The zero-order valence-electron chi connectivity index (χ0n) is 12.7. The standard InChI is InChI=1S/C14H14Cl2N2O4S2/c1-9-3-4-10(2)13(7-9)23(19,20)17-18-24(21,22)14-8-11(15)5-6-12(14)16/h3-8,17-18H,1-2H3. The number of sulfonamides is 2. The van der Waals surface area contributed by atoms with Gasteiger partial charge in [-0.25, -0.2) is 16.8 Å². The second-order valence-corrected chi connectivity index (χ2v) is 9.20. The average Bonchev–Trinajstić information content (AvgIpc) is 2.50. The number of halogens is 2. The predicted molar refractivity (Wildman–Crippen MR) is 93.0 cm³/mol. The van der Waals surface area contributed by atoms with Gasteiger partial charge in [0.15, 0.2) is 0 Å². The van der Waals surface area contributed by atoms with Gasteiger partial charge >= 0.3 is 0 Å². The van der Waals surface area contributed by atoms with Crippen LogP contribution >= 0.6 is 23.2 Å². The van der Waals surface area contributed by atoms with E-state index in [1.54, 1.807) is 26.0 Å².